The van der Waals surface area contributed by atoms with Crippen LogP contribution in [-0.4, -0.2) is 228 Å². The molecule has 8 aliphatic heterocycles. The summed E-state index contributed by atoms with van der Waals surface area (Å²) in [6, 6.07) is 0. The van der Waals surface area contributed by atoms with Crippen molar-refractivity contribution in [3.8, 4) is 0 Å². The molecular weight excluding hydrogens is 1200 g/mol. The molecule has 8 saturated heterocycles. The molecule has 8 rings (SSSR count). The van der Waals surface area contributed by atoms with Gasteiger partial charge in [0.15, 0.2) is 0 Å². The summed E-state index contributed by atoms with van der Waals surface area (Å²) in [7, 11) is 0. The predicted octanol–water partition coefficient (Wildman–Crippen LogP) is 9.59. The first-order valence-corrected chi connectivity index (χ1v) is 32.9. The highest BCUT2D eigenvalue weighted by Crippen LogP contribution is 2.52. The van der Waals surface area contributed by atoms with Crippen LogP contribution in [-0.2, 0) is 0 Å². The number of aliphatic hydroxyl groups excluding tert-OH is 8. The fraction of sp³-hybridized carbons (Fsp3) is 1.00. The molecule has 0 radical (unpaired) electrons. The van der Waals surface area contributed by atoms with Crippen molar-refractivity contribution in [2.24, 2.45) is 20.5 Å². The Morgan fingerprint density at radius 1 is 0.380 bits per heavy atom. The monoisotopic (exact) mass is 1280 g/mol. The minimum absolute atomic E-state index is 0.0177. The molecule has 23 unspecified atom stereocenters. The number of alkyl halides is 4. The van der Waals surface area contributed by atoms with E-state index < -0.39 is 40.5 Å². The normalized spacial score (nSPS) is 44.4. The Hall–Kier alpha value is -0.600. The summed E-state index contributed by atoms with van der Waals surface area (Å²) in [5, 5.41) is 93.9. The van der Waals surface area contributed by atoms with Crippen molar-refractivity contribution >= 4 is 94.1 Å². The lowest BCUT2D eigenvalue weighted by molar-refractivity contribution is -0.0296. The summed E-state index contributed by atoms with van der Waals surface area (Å²) in [5.41, 5.74) is 29.8. The van der Waals surface area contributed by atoms with Crippen LogP contribution in [0.4, 0.5) is 17.6 Å². The van der Waals surface area contributed by atoms with E-state index in [4.69, 9.17) is 63.0 Å². The first-order chi connectivity index (χ1) is 36.6. The molecule has 8 aliphatic rings. The van der Waals surface area contributed by atoms with Crippen LogP contribution in [0.15, 0.2) is 20.5 Å². The van der Waals surface area contributed by atoms with Gasteiger partial charge in [0.05, 0.1) is 107 Å². The van der Waals surface area contributed by atoms with Gasteiger partial charge in [0.1, 0.15) is 11.8 Å². The van der Waals surface area contributed by atoms with E-state index >= 15 is 0 Å². The summed E-state index contributed by atoms with van der Waals surface area (Å²) in [6.07, 6.45) is -0.773. The van der Waals surface area contributed by atoms with Crippen LogP contribution < -0.4 is 0 Å². The third-order valence-electron chi connectivity index (χ3n) is 15.9. The second-order valence-electron chi connectivity index (χ2n) is 20.9. The fourth-order valence-corrected chi connectivity index (χ4v) is 18.3. The van der Waals surface area contributed by atoms with Gasteiger partial charge < -0.3 is 46.0 Å². The molecule has 8 heterocycles. The van der Waals surface area contributed by atoms with Gasteiger partial charge in [-0.15, -0.1) is 47.0 Å². The molecule has 8 fully saturated rings. The van der Waals surface area contributed by atoms with E-state index in [0.717, 1.165) is 11.8 Å². The molecule has 0 aliphatic carbocycles. The molecule has 0 bridgehead atoms. The highest BCUT2D eigenvalue weighted by atomic mass is 32.2. The molecule has 0 aromatic carbocycles. The van der Waals surface area contributed by atoms with Gasteiger partial charge in [-0.05, 0) is 42.9 Å². The summed E-state index contributed by atoms with van der Waals surface area (Å²) in [4.78, 5) is 11.1. The van der Waals surface area contributed by atoms with Crippen LogP contribution in [0.25, 0.3) is 41.8 Å². The number of aliphatic hydroxyl groups is 9. The topological polar surface area (TPSA) is 377 Å². The summed E-state index contributed by atoms with van der Waals surface area (Å²) < 4.78 is 50.3. The number of nitrogens with zero attached hydrogens (tertiary/aromatic N) is 12. The number of hydrogen-bond donors (Lipinski definition) is 9. The third kappa shape index (κ3) is 18.2. The number of hydrogen-bond acceptors (Lipinski definition) is 21. The molecule has 0 spiro atoms. The molecule has 33 heteroatoms. The lowest BCUT2D eigenvalue weighted by atomic mass is 9.93. The van der Waals surface area contributed by atoms with Crippen LogP contribution in [0.5, 0.6) is 0 Å². The molecule has 21 nitrogen and oxygen atoms in total. The second kappa shape index (κ2) is 33.3. The maximum absolute atomic E-state index is 13.1. The van der Waals surface area contributed by atoms with Crippen LogP contribution in [0.1, 0.15) is 96.9 Å². The first kappa shape index (κ1) is 76.4. The van der Waals surface area contributed by atoms with Crippen molar-refractivity contribution < 1.29 is 63.5 Å². The van der Waals surface area contributed by atoms with Crippen LogP contribution in [0.2, 0.25) is 0 Å². The molecule has 79 heavy (non-hydrogen) atoms. The van der Waals surface area contributed by atoms with Gasteiger partial charge in [-0.3, -0.25) is 0 Å². The zero-order valence-electron chi connectivity index (χ0n) is 47.1. The zero-order valence-corrected chi connectivity index (χ0v) is 53.7. The van der Waals surface area contributed by atoms with Gasteiger partial charge in [-0.25, -0.2) is 17.6 Å². The highest BCUT2D eigenvalue weighted by Gasteiger charge is 2.56. The number of halogens is 4. The molecule has 458 valence electrons. The third-order valence-corrected chi connectivity index (χ3v) is 29.9. The summed E-state index contributed by atoms with van der Waals surface area (Å²) in [5.74, 6) is -2.64. The van der Waals surface area contributed by atoms with E-state index in [0.29, 0.717) is 21.0 Å². The van der Waals surface area contributed by atoms with E-state index in [9.17, 15) is 22.7 Å². The Bertz CT molecular complexity index is 1860. The van der Waals surface area contributed by atoms with Gasteiger partial charge in [0, 0.05) is 77.4 Å². The van der Waals surface area contributed by atoms with E-state index in [1.165, 1.54) is 30.4 Å². The van der Waals surface area contributed by atoms with Gasteiger partial charge >= 0.3 is 0 Å². The summed E-state index contributed by atoms with van der Waals surface area (Å²) >= 11 is 12.4. The minimum atomic E-state index is -2.64. The van der Waals surface area contributed by atoms with Gasteiger partial charge in [0.25, 0.3) is 5.92 Å². The fourth-order valence-electron chi connectivity index (χ4n) is 8.15. The van der Waals surface area contributed by atoms with Crippen LogP contribution in [0.3, 0.4) is 0 Å². The lowest BCUT2D eigenvalue weighted by Gasteiger charge is -2.48. The molecule has 9 N–H and O–H groups in total. The smallest absolute Gasteiger partial charge is 0.273 e. The van der Waals surface area contributed by atoms with Gasteiger partial charge in [0.2, 0.25) is 0 Å². The Morgan fingerprint density at radius 2 is 0.646 bits per heavy atom. The SMILES string of the molecule is CC1SC(CO)C1(C)F.CC1SC(CO)C1(C)N=[N+]=[N-].CC1SC(CO)C1(C)N=[N+]=[N-].CC1SC(CO)C1(C)N=[N+]=[N-].CC1SC(CO)C1(C)N=[N+]=[N-].CC1SC(CO)C1(C)O.CC1SC(CO)C1(F)F.CC1SC(CO)C1F. The standard InChI is InChI=1S/C6H11FOS.4C6H11N3OS.C6H12O2S.C5H8F2OS.C5H9FOS/c1-4-6(2,7)5(3-8)9-4;4*1-4-6(2,8-9-7)5(3-10)11-4;1-4-6(2,8)5(3-7)9-4;1-3-5(6,7)4(2-8)9-3;1-3-5(6)4(2-7)8-3/h4-5,8H,3H2,1-2H3;4*4-5,10H,3H2,1-2H3;4-5,7-8H,3H2,1-2H3;3-4,8H,2H2,1H3;3-5,7H,2H2,1H3. The first-order valence-electron chi connectivity index (χ1n) is 25.4. The van der Waals surface area contributed by atoms with Gasteiger partial charge in [-0.1, -0.05) is 96.6 Å². The van der Waals surface area contributed by atoms with Crippen molar-refractivity contribution in [1.29, 1.82) is 0 Å². The number of azide groups is 4. The highest BCUT2D eigenvalue weighted by molar-refractivity contribution is 8.03. The van der Waals surface area contributed by atoms with E-state index in [2.05, 4.69) is 40.1 Å². The molecule has 0 aromatic heterocycles. The van der Waals surface area contributed by atoms with E-state index in [1.807, 2.05) is 76.2 Å². The van der Waals surface area contributed by atoms with Crippen LogP contribution in [0, 0.1) is 0 Å². The summed E-state index contributed by atoms with van der Waals surface area (Å²) in [6.45, 7) is 26.0. The molecular formula is C46H84F4N12O9S8. The molecule has 0 aromatic rings. The Morgan fingerprint density at radius 3 is 0.747 bits per heavy atom. The van der Waals surface area contributed by atoms with Crippen molar-refractivity contribution in [1.82, 2.24) is 0 Å². The lowest BCUT2D eigenvalue weighted by Crippen LogP contribution is -2.56. The predicted molar refractivity (Wildman–Crippen MR) is 324 cm³/mol. The average Bonchev–Trinajstić information content (AvgIpc) is 3.42. The Kier molecular flexibility index (Phi) is 32.3. The van der Waals surface area contributed by atoms with E-state index in [1.54, 1.807) is 72.7 Å². The molecule has 0 amide bonds. The maximum atomic E-state index is 13.1. The van der Waals surface area contributed by atoms with Crippen molar-refractivity contribution in [2.45, 2.75) is 226 Å². The number of thioether (sulfide) groups is 8. The van der Waals surface area contributed by atoms with Crippen molar-refractivity contribution in [2.75, 3.05) is 52.9 Å². The maximum Gasteiger partial charge on any atom is 0.273 e. The molecule has 23 atom stereocenters. The van der Waals surface area contributed by atoms with Crippen molar-refractivity contribution in [3.63, 3.8) is 0 Å². The quantitative estimate of drug-likeness (QED) is 0.0380. The van der Waals surface area contributed by atoms with Gasteiger partial charge in [-0.2, -0.15) is 47.0 Å². The van der Waals surface area contributed by atoms with Crippen LogP contribution >= 0.6 is 94.1 Å². The average molecular weight is 1280 g/mol. The number of rotatable bonds is 12. The molecule has 0 saturated carbocycles. The second-order valence-corrected chi connectivity index (χ2v) is 33.3. The van der Waals surface area contributed by atoms with E-state index in [-0.39, 0.29) is 121 Å². The Balaban J connectivity index is 0.000000452. The Labute approximate surface area is 495 Å². The zero-order chi connectivity index (χ0) is 61.3. The minimum Gasteiger partial charge on any atom is -0.395 e. The largest absolute Gasteiger partial charge is 0.395 e. The van der Waals surface area contributed by atoms with Crippen molar-refractivity contribution in [3.05, 3.63) is 41.8 Å².